The van der Waals surface area contributed by atoms with Crippen LogP contribution in [0.2, 0.25) is 0 Å². The standard InChI is InChI=1S/C10H13N5O/c11-6-12-9-5-10(14-7-13-9)15-8-1-3-16-4-2-8/h5,7-8H,1-4H2,(H2,12,13,14,15). The Morgan fingerprint density at radius 3 is 2.81 bits per heavy atom. The largest absolute Gasteiger partial charge is 0.381 e. The summed E-state index contributed by atoms with van der Waals surface area (Å²) in [5, 5.41) is 14.2. The summed E-state index contributed by atoms with van der Waals surface area (Å²) in [5.74, 6) is 1.24. The molecule has 2 N–H and O–H groups in total. The number of aromatic nitrogens is 2. The fraction of sp³-hybridized carbons (Fsp3) is 0.500. The number of rotatable bonds is 3. The zero-order valence-corrected chi connectivity index (χ0v) is 8.81. The van der Waals surface area contributed by atoms with Gasteiger partial charge in [0.25, 0.3) is 0 Å². The van der Waals surface area contributed by atoms with Crippen molar-refractivity contribution in [1.82, 2.24) is 9.97 Å². The van der Waals surface area contributed by atoms with Gasteiger partial charge in [0.1, 0.15) is 18.0 Å². The summed E-state index contributed by atoms with van der Waals surface area (Å²) in [6.07, 6.45) is 5.21. The molecule has 0 unspecified atom stereocenters. The zero-order valence-electron chi connectivity index (χ0n) is 8.81. The van der Waals surface area contributed by atoms with Crippen molar-refractivity contribution in [3.05, 3.63) is 12.4 Å². The van der Waals surface area contributed by atoms with Crippen molar-refractivity contribution in [2.24, 2.45) is 0 Å². The molecular weight excluding hydrogens is 206 g/mol. The van der Waals surface area contributed by atoms with Gasteiger partial charge in [-0.2, -0.15) is 5.26 Å². The monoisotopic (exact) mass is 219 g/mol. The molecule has 1 aliphatic rings. The van der Waals surface area contributed by atoms with E-state index in [1.54, 1.807) is 6.07 Å². The van der Waals surface area contributed by atoms with Crippen molar-refractivity contribution in [3.63, 3.8) is 0 Å². The van der Waals surface area contributed by atoms with E-state index >= 15 is 0 Å². The van der Waals surface area contributed by atoms with E-state index in [0.29, 0.717) is 11.9 Å². The van der Waals surface area contributed by atoms with E-state index < -0.39 is 0 Å². The molecule has 1 saturated heterocycles. The molecule has 2 heterocycles. The number of nitrogens with one attached hydrogen (secondary N) is 2. The normalized spacial score (nSPS) is 16.4. The molecule has 0 bridgehead atoms. The number of nitriles is 1. The molecule has 1 aromatic rings. The summed E-state index contributed by atoms with van der Waals surface area (Å²) in [4.78, 5) is 8.02. The molecule has 1 aromatic heterocycles. The average molecular weight is 219 g/mol. The SMILES string of the molecule is N#CNc1cc(NC2CCOCC2)ncn1. The molecule has 16 heavy (non-hydrogen) atoms. The number of ether oxygens (including phenoxy) is 1. The Hall–Kier alpha value is -1.87. The lowest BCUT2D eigenvalue weighted by Crippen LogP contribution is -2.28. The minimum absolute atomic E-state index is 0.388. The first kappa shape index (κ1) is 10.6. The van der Waals surface area contributed by atoms with Gasteiger partial charge < -0.3 is 10.1 Å². The highest BCUT2D eigenvalue weighted by atomic mass is 16.5. The van der Waals surface area contributed by atoms with Crippen molar-refractivity contribution >= 4 is 11.6 Å². The maximum Gasteiger partial charge on any atom is 0.182 e. The number of nitrogens with zero attached hydrogens (tertiary/aromatic N) is 3. The first-order chi connectivity index (χ1) is 7.88. The topological polar surface area (TPSA) is 82.9 Å². The minimum Gasteiger partial charge on any atom is -0.381 e. The van der Waals surface area contributed by atoms with Gasteiger partial charge in [0.2, 0.25) is 0 Å². The molecule has 0 amide bonds. The van der Waals surface area contributed by atoms with Gasteiger partial charge in [-0.1, -0.05) is 0 Å². The lowest BCUT2D eigenvalue weighted by atomic mass is 10.1. The first-order valence-corrected chi connectivity index (χ1v) is 5.20. The second-order valence-electron chi connectivity index (χ2n) is 3.56. The maximum atomic E-state index is 8.47. The first-order valence-electron chi connectivity index (χ1n) is 5.20. The van der Waals surface area contributed by atoms with Gasteiger partial charge in [-0.15, -0.1) is 0 Å². The highest BCUT2D eigenvalue weighted by molar-refractivity contribution is 5.48. The Labute approximate surface area is 93.7 Å². The van der Waals surface area contributed by atoms with E-state index in [2.05, 4.69) is 20.6 Å². The van der Waals surface area contributed by atoms with Crippen molar-refractivity contribution in [3.8, 4) is 6.19 Å². The fourth-order valence-corrected chi connectivity index (χ4v) is 1.61. The third-order valence-electron chi connectivity index (χ3n) is 2.42. The third-order valence-corrected chi connectivity index (χ3v) is 2.42. The second kappa shape index (κ2) is 5.28. The van der Waals surface area contributed by atoms with Crippen molar-refractivity contribution in [2.45, 2.75) is 18.9 Å². The molecule has 6 nitrogen and oxygen atoms in total. The highest BCUT2D eigenvalue weighted by Crippen LogP contribution is 2.14. The summed E-state index contributed by atoms with van der Waals surface area (Å²) >= 11 is 0. The van der Waals surface area contributed by atoms with E-state index in [0.717, 1.165) is 31.9 Å². The molecule has 1 aliphatic heterocycles. The lowest BCUT2D eigenvalue weighted by Gasteiger charge is -2.23. The van der Waals surface area contributed by atoms with Crippen LogP contribution in [0.1, 0.15) is 12.8 Å². The second-order valence-corrected chi connectivity index (χ2v) is 3.56. The van der Waals surface area contributed by atoms with Crippen LogP contribution in [0.5, 0.6) is 0 Å². The van der Waals surface area contributed by atoms with Gasteiger partial charge in [-0.3, -0.25) is 5.32 Å². The Balaban J connectivity index is 1.97. The molecule has 0 atom stereocenters. The van der Waals surface area contributed by atoms with Crippen molar-refractivity contribution in [1.29, 1.82) is 5.26 Å². The van der Waals surface area contributed by atoms with Crippen LogP contribution in [-0.4, -0.2) is 29.2 Å². The Bertz CT molecular complexity index is 383. The Morgan fingerprint density at radius 2 is 2.06 bits per heavy atom. The summed E-state index contributed by atoms with van der Waals surface area (Å²) in [6, 6.07) is 2.11. The van der Waals surface area contributed by atoms with E-state index in [9.17, 15) is 0 Å². The smallest absolute Gasteiger partial charge is 0.182 e. The molecule has 0 aliphatic carbocycles. The predicted molar refractivity (Wildman–Crippen MR) is 58.7 cm³/mol. The molecule has 1 fully saturated rings. The molecule has 0 aromatic carbocycles. The van der Waals surface area contributed by atoms with Gasteiger partial charge in [0.05, 0.1) is 0 Å². The van der Waals surface area contributed by atoms with E-state index in [1.807, 2.05) is 6.19 Å². The van der Waals surface area contributed by atoms with Gasteiger partial charge in [-0.25, -0.2) is 9.97 Å². The fourth-order valence-electron chi connectivity index (χ4n) is 1.61. The van der Waals surface area contributed by atoms with Gasteiger partial charge in [-0.05, 0) is 12.8 Å². The maximum absolute atomic E-state index is 8.47. The van der Waals surface area contributed by atoms with Gasteiger partial charge >= 0.3 is 0 Å². The Morgan fingerprint density at radius 1 is 1.31 bits per heavy atom. The number of hydrogen-bond donors (Lipinski definition) is 2. The van der Waals surface area contributed by atoms with Crippen LogP contribution in [0.4, 0.5) is 11.6 Å². The van der Waals surface area contributed by atoms with Crippen LogP contribution in [0.3, 0.4) is 0 Å². The molecule has 0 spiro atoms. The predicted octanol–water partition coefficient (Wildman–Crippen LogP) is 0.960. The van der Waals surface area contributed by atoms with Gasteiger partial charge in [0, 0.05) is 25.3 Å². The molecule has 0 radical (unpaired) electrons. The summed E-state index contributed by atoms with van der Waals surface area (Å²) in [7, 11) is 0. The minimum atomic E-state index is 0.388. The molecule has 2 rings (SSSR count). The molecular formula is C10H13N5O. The average Bonchev–Trinajstić information content (AvgIpc) is 2.31. The third kappa shape index (κ3) is 2.81. The lowest BCUT2D eigenvalue weighted by molar-refractivity contribution is 0.0904. The van der Waals surface area contributed by atoms with Crippen LogP contribution < -0.4 is 10.6 Å². The summed E-state index contributed by atoms with van der Waals surface area (Å²) in [5.41, 5.74) is 0. The molecule has 84 valence electrons. The van der Waals surface area contributed by atoms with Crippen molar-refractivity contribution < 1.29 is 4.74 Å². The van der Waals surface area contributed by atoms with Crippen LogP contribution in [0.15, 0.2) is 12.4 Å². The highest BCUT2D eigenvalue weighted by Gasteiger charge is 2.13. The summed E-state index contributed by atoms with van der Waals surface area (Å²) in [6.45, 7) is 1.57. The van der Waals surface area contributed by atoms with Crippen LogP contribution in [-0.2, 0) is 4.74 Å². The number of hydrogen-bond acceptors (Lipinski definition) is 6. The zero-order chi connectivity index (χ0) is 11.2. The quantitative estimate of drug-likeness (QED) is 0.582. The van der Waals surface area contributed by atoms with Crippen molar-refractivity contribution in [2.75, 3.05) is 23.8 Å². The van der Waals surface area contributed by atoms with Crippen LogP contribution in [0.25, 0.3) is 0 Å². The molecule has 6 heteroatoms. The van der Waals surface area contributed by atoms with E-state index in [-0.39, 0.29) is 0 Å². The number of anilines is 2. The molecule has 0 saturated carbocycles. The summed E-state index contributed by atoms with van der Waals surface area (Å²) < 4.78 is 5.27. The Kier molecular flexibility index (Phi) is 3.51. The van der Waals surface area contributed by atoms with E-state index in [4.69, 9.17) is 10.00 Å². The van der Waals surface area contributed by atoms with Crippen LogP contribution >= 0.6 is 0 Å². The van der Waals surface area contributed by atoms with Gasteiger partial charge in [0.15, 0.2) is 6.19 Å². The van der Waals surface area contributed by atoms with Crippen LogP contribution in [0, 0.1) is 11.5 Å². The van der Waals surface area contributed by atoms with E-state index in [1.165, 1.54) is 6.33 Å².